The topological polar surface area (TPSA) is 21.3 Å². The van der Waals surface area contributed by atoms with Crippen molar-refractivity contribution in [3.63, 3.8) is 0 Å². The number of methoxy groups -OCH3 is 1. The number of hydrogen-bond donors (Lipinski definition) is 1. The van der Waals surface area contributed by atoms with Crippen LogP contribution in [0.15, 0.2) is 18.2 Å². The van der Waals surface area contributed by atoms with Gasteiger partial charge >= 0.3 is 0 Å². The summed E-state index contributed by atoms with van der Waals surface area (Å²) in [5.74, 6) is 1.16. The number of rotatable bonds is 4. The van der Waals surface area contributed by atoms with Crippen molar-refractivity contribution in [1.82, 2.24) is 0 Å². The van der Waals surface area contributed by atoms with Crippen LogP contribution >= 0.6 is 0 Å². The predicted octanol–water partition coefficient (Wildman–Crippen LogP) is 4.22. The van der Waals surface area contributed by atoms with E-state index < -0.39 is 0 Å². The van der Waals surface area contributed by atoms with Gasteiger partial charge in [-0.05, 0) is 30.9 Å². The first kappa shape index (κ1) is 13.2. The van der Waals surface area contributed by atoms with E-state index in [-0.39, 0.29) is 5.82 Å². The SMILES string of the molecule is CCC1CCCC(Nc2ccc(F)cc2OC)C1. The first-order valence-electron chi connectivity index (χ1n) is 6.83. The third-order valence-electron chi connectivity index (χ3n) is 3.88. The quantitative estimate of drug-likeness (QED) is 0.865. The Hall–Kier alpha value is -1.25. The van der Waals surface area contributed by atoms with E-state index in [1.54, 1.807) is 13.2 Å². The van der Waals surface area contributed by atoms with Crippen LogP contribution in [-0.2, 0) is 0 Å². The van der Waals surface area contributed by atoms with Crippen molar-refractivity contribution >= 4 is 5.69 Å². The molecule has 0 spiro atoms. The predicted molar refractivity (Wildman–Crippen MR) is 72.6 cm³/mol. The van der Waals surface area contributed by atoms with Crippen LogP contribution in [0.1, 0.15) is 39.0 Å². The fraction of sp³-hybridized carbons (Fsp3) is 0.600. The molecule has 0 heterocycles. The third kappa shape index (κ3) is 3.15. The number of anilines is 1. The molecule has 0 saturated heterocycles. The maximum atomic E-state index is 13.1. The van der Waals surface area contributed by atoms with E-state index in [9.17, 15) is 4.39 Å². The van der Waals surface area contributed by atoms with Gasteiger partial charge in [0.25, 0.3) is 0 Å². The van der Waals surface area contributed by atoms with Crippen LogP contribution in [-0.4, -0.2) is 13.2 Å². The molecule has 1 aromatic rings. The minimum atomic E-state index is -0.257. The summed E-state index contributed by atoms with van der Waals surface area (Å²) in [6.45, 7) is 2.26. The molecule has 100 valence electrons. The molecule has 0 bridgehead atoms. The summed E-state index contributed by atoms with van der Waals surface area (Å²) in [5, 5.41) is 3.50. The number of nitrogens with one attached hydrogen (secondary N) is 1. The molecule has 3 heteroatoms. The van der Waals surface area contributed by atoms with Crippen molar-refractivity contribution < 1.29 is 9.13 Å². The molecular weight excluding hydrogens is 229 g/mol. The largest absolute Gasteiger partial charge is 0.494 e. The molecule has 1 aromatic carbocycles. The van der Waals surface area contributed by atoms with Crippen molar-refractivity contribution in [1.29, 1.82) is 0 Å². The maximum absolute atomic E-state index is 13.1. The Kier molecular flexibility index (Phi) is 4.45. The zero-order chi connectivity index (χ0) is 13.0. The Morgan fingerprint density at radius 3 is 2.94 bits per heavy atom. The molecule has 2 rings (SSSR count). The van der Waals surface area contributed by atoms with Crippen LogP contribution in [0.2, 0.25) is 0 Å². The number of hydrogen-bond acceptors (Lipinski definition) is 2. The zero-order valence-corrected chi connectivity index (χ0v) is 11.2. The van der Waals surface area contributed by atoms with E-state index in [4.69, 9.17) is 4.74 Å². The summed E-state index contributed by atoms with van der Waals surface area (Å²) in [6.07, 6.45) is 6.27. The fourth-order valence-electron chi connectivity index (χ4n) is 2.80. The molecule has 1 aliphatic rings. The Balaban J connectivity index is 2.04. The lowest BCUT2D eigenvalue weighted by Crippen LogP contribution is -2.27. The van der Waals surface area contributed by atoms with Gasteiger partial charge in [0.05, 0.1) is 12.8 Å². The number of halogens is 1. The normalized spacial score (nSPS) is 23.7. The average molecular weight is 251 g/mol. The second kappa shape index (κ2) is 6.07. The Labute approximate surface area is 109 Å². The molecule has 1 N–H and O–H groups in total. The minimum absolute atomic E-state index is 0.257. The zero-order valence-electron chi connectivity index (χ0n) is 11.2. The van der Waals surface area contributed by atoms with Gasteiger partial charge < -0.3 is 10.1 Å². The summed E-state index contributed by atoms with van der Waals surface area (Å²) >= 11 is 0. The first-order valence-corrected chi connectivity index (χ1v) is 6.83. The fourth-order valence-corrected chi connectivity index (χ4v) is 2.80. The van der Waals surface area contributed by atoms with E-state index in [0.29, 0.717) is 11.8 Å². The highest BCUT2D eigenvalue weighted by Gasteiger charge is 2.21. The maximum Gasteiger partial charge on any atom is 0.144 e. The van der Waals surface area contributed by atoms with Gasteiger partial charge in [0, 0.05) is 12.1 Å². The van der Waals surface area contributed by atoms with E-state index in [1.165, 1.54) is 44.2 Å². The van der Waals surface area contributed by atoms with Crippen molar-refractivity contribution in [3.05, 3.63) is 24.0 Å². The molecule has 0 radical (unpaired) electrons. The summed E-state index contributed by atoms with van der Waals surface area (Å²) in [7, 11) is 1.58. The highest BCUT2D eigenvalue weighted by molar-refractivity contribution is 5.57. The van der Waals surface area contributed by atoms with Gasteiger partial charge in [0.1, 0.15) is 11.6 Å². The van der Waals surface area contributed by atoms with Gasteiger partial charge in [0.15, 0.2) is 0 Å². The lowest BCUT2D eigenvalue weighted by molar-refractivity contribution is 0.326. The molecule has 1 fully saturated rings. The smallest absolute Gasteiger partial charge is 0.144 e. The number of benzene rings is 1. The lowest BCUT2D eigenvalue weighted by Gasteiger charge is -2.30. The average Bonchev–Trinajstić information content (AvgIpc) is 2.41. The summed E-state index contributed by atoms with van der Waals surface area (Å²) < 4.78 is 18.3. The molecular formula is C15H22FNO. The van der Waals surface area contributed by atoms with Gasteiger partial charge in [-0.15, -0.1) is 0 Å². The third-order valence-corrected chi connectivity index (χ3v) is 3.88. The van der Waals surface area contributed by atoms with E-state index in [1.807, 2.05) is 0 Å². The molecule has 1 aliphatic carbocycles. The molecule has 0 amide bonds. The van der Waals surface area contributed by atoms with E-state index in [0.717, 1.165) is 11.6 Å². The van der Waals surface area contributed by atoms with Gasteiger partial charge in [-0.25, -0.2) is 4.39 Å². The second-order valence-corrected chi connectivity index (χ2v) is 5.13. The van der Waals surface area contributed by atoms with Crippen molar-refractivity contribution in [2.24, 2.45) is 5.92 Å². The summed E-state index contributed by atoms with van der Waals surface area (Å²) in [4.78, 5) is 0. The Morgan fingerprint density at radius 2 is 2.22 bits per heavy atom. The molecule has 18 heavy (non-hydrogen) atoms. The molecule has 0 aromatic heterocycles. The van der Waals surface area contributed by atoms with Crippen LogP contribution in [0.4, 0.5) is 10.1 Å². The van der Waals surface area contributed by atoms with Crippen molar-refractivity contribution in [2.45, 2.75) is 45.1 Å². The summed E-state index contributed by atoms with van der Waals surface area (Å²) in [6, 6.07) is 5.17. The highest BCUT2D eigenvalue weighted by Crippen LogP contribution is 2.32. The minimum Gasteiger partial charge on any atom is -0.494 e. The van der Waals surface area contributed by atoms with Crippen LogP contribution < -0.4 is 10.1 Å². The van der Waals surface area contributed by atoms with Crippen LogP contribution in [0.3, 0.4) is 0 Å². The van der Waals surface area contributed by atoms with Crippen LogP contribution in [0.25, 0.3) is 0 Å². The molecule has 2 atom stereocenters. The number of ether oxygens (including phenoxy) is 1. The van der Waals surface area contributed by atoms with Crippen LogP contribution in [0.5, 0.6) is 5.75 Å². The van der Waals surface area contributed by atoms with Gasteiger partial charge in [-0.3, -0.25) is 0 Å². The highest BCUT2D eigenvalue weighted by atomic mass is 19.1. The molecule has 2 nitrogen and oxygen atoms in total. The van der Waals surface area contributed by atoms with E-state index in [2.05, 4.69) is 12.2 Å². The second-order valence-electron chi connectivity index (χ2n) is 5.13. The standard InChI is InChI=1S/C15H22FNO/c1-3-11-5-4-6-13(9-11)17-14-8-7-12(16)10-15(14)18-2/h7-8,10-11,13,17H,3-6,9H2,1-2H3. The van der Waals surface area contributed by atoms with Crippen molar-refractivity contribution in [3.8, 4) is 5.75 Å². The summed E-state index contributed by atoms with van der Waals surface area (Å²) in [5.41, 5.74) is 0.903. The Morgan fingerprint density at radius 1 is 1.39 bits per heavy atom. The Bertz CT molecular complexity index is 394. The van der Waals surface area contributed by atoms with E-state index >= 15 is 0 Å². The van der Waals surface area contributed by atoms with Gasteiger partial charge in [-0.1, -0.05) is 26.2 Å². The van der Waals surface area contributed by atoms with Crippen LogP contribution in [0, 0.1) is 11.7 Å². The molecule has 2 unspecified atom stereocenters. The monoisotopic (exact) mass is 251 g/mol. The lowest BCUT2D eigenvalue weighted by atomic mass is 9.84. The van der Waals surface area contributed by atoms with Crippen molar-refractivity contribution in [2.75, 3.05) is 12.4 Å². The first-order chi connectivity index (χ1) is 8.72. The van der Waals surface area contributed by atoms with Gasteiger partial charge in [-0.2, -0.15) is 0 Å². The van der Waals surface area contributed by atoms with Gasteiger partial charge in [0.2, 0.25) is 0 Å². The molecule has 0 aliphatic heterocycles. The molecule has 1 saturated carbocycles.